The number of nitrogens with zero attached hydrogens (tertiary/aromatic N) is 4. The van der Waals surface area contributed by atoms with Gasteiger partial charge in [-0.15, -0.1) is 11.3 Å². The van der Waals surface area contributed by atoms with E-state index in [9.17, 15) is 0 Å². The molecule has 2 aromatic heterocycles. The lowest BCUT2D eigenvalue weighted by atomic mass is 9.76. The van der Waals surface area contributed by atoms with Crippen molar-refractivity contribution in [2.24, 2.45) is 17.8 Å². The molecule has 2 aliphatic rings. The van der Waals surface area contributed by atoms with Gasteiger partial charge in [-0.1, -0.05) is 74.5 Å². The van der Waals surface area contributed by atoms with E-state index in [-0.39, 0.29) is 6.04 Å². The Kier molecular flexibility index (Phi) is 11.2. The minimum absolute atomic E-state index is 0.230. The van der Waals surface area contributed by atoms with E-state index >= 15 is 0 Å². The first kappa shape index (κ1) is 32.8. The summed E-state index contributed by atoms with van der Waals surface area (Å²) >= 11 is 1.93. The van der Waals surface area contributed by atoms with E-state index in [1.165, 1.54) is 68.2 Å². The lowest BCUT2D eigenvalue weighted by Gasteiger charge is -2.38. The molecule has 3 heterocycles. The van der Waals surface area contributed by atoms with Gasteiger partial charge in [-0.25, -0.2) is 4.98 Å². The highest BCUT2D eigenvalue weighted by Crippen LogP contribution is 2.43. The summed E-state index contributed by atoms with van der Waals surface area (Å²) in [6.07, 6.45) is 10.6. The number of oxazole rings is 1. The minimum atomic E-state index is 0.230. The van der Waals surface area contributed by atoms with Crippen molar-refractivity contribution < 1.29 is 4.42 Å². The molecular formula is C40H54N4OS. The Morgan fingerprint density at radius 3 is 2.07 bits per heavy atom. The summed E-state index contributed by atoms with van der Waals surface area (Å²) in [6, 6.07) is 24.3. The van der Waals surface area contributed by atoms with Crippen LogP contribution in [0.15, 0.2) is 76.5 Å². The van der Waals surface area contributed by atoms with Gasteiger partial charge in [-0.2, -0.15) is 0 Å². The average molecular weight is 639 g/mol. The lowest BCUT2D eigenvalue weighted by molar-refractivity contribution is 0.0932. The molecule has 246 valence electrons. The average Bonchev–Trinajstić information content (AvgIpc) is 3.73. The van der Waals surface area contributed by atoms with Gasteiger partial charge in [-0.05, 0) is 105 Å². The summed E-state index contributed by atoms with van der Waals surface area (Å²) in [6.45, 7) is 8.69. The van der Waals surface area contributed by atoms with Gasteiger partial charge in [0.15, 0.2) is 0 Å². The third kappa shape index (κ3) is 7.88. The normalized spacial score (nSPS) is 19.9. The number of hydrogen-bond acceptors (Lipinski definition) is 6. The molecule has 0 N–H and O–H groups in total. The number of aromatic nitrogens is 1. The molecule has 1 aliphatic carbocycles. The summed E-state index contributed by atoms with van der Waals surface area (Å²) in [5.74, 6) is 4.03. The predicted molar refractivity (Wildman–Crippen MR) is 194 cm³/mol. The smallest absolute Gasteiger partial charge is 0.219 e. The number of benzene rings is 2. The summed E-state index contributed by atoms with van der Waals surface area (Å²) in [5, 5.41) is 2.26. The van der Waals surface area contributed by atoms with E-state index in [2.05, 4.69) is 115 Å². The molecule has 0 radical (unpaired) electrons. The van der Waals surface area contributed by atoms with Crippen LogP contribution in [0.1, 0.15) is 86.0 Å². The highest BCUT2D eigenvalue weighted by Gasteiger charge is 2.37. The number of rotatable bonds is 13. The molecule has 0 amide bonds. The molecule has 1 unspecified atom stereocenters. The molecule has 0 bridgehead atoms. The van der Waals surface area contributed by atoms with Crippen LogP contribution in [0.3, 0.4) is 0 Å². The molecule has 4 aromatic rings. The highest BCUT2D eigenvalue weighted by molar-refractivity contribution is 7.10. The van der Waals surface area contributed by atoms with Gasteiger partial charge >= 0.3 is 0 Å². The maximum absolute atomic E-state index is 7.00. The standard InChI is InChI=1S/C40H54N4OS/c1-5-43(6-2)38(34-19-17-32(18-20-34)29-37-36(42(3)4)23-26-46-37)39-41-35(28-31-15-11-8-12-16-31)40(45-39)44-24-21-33(22-25-44)27-30-13-9-7-10-14-30/h7-16,23,26,32-34,38H,5-6,17-22,24-25,27-29H2,1-4H3. The Balaban J connectivity index is 1.20. The second-order valence-corrected chi connectivity index (χ2v) is 14.9. The van der Waals surface area contributed by atoms with E-state index in [1.54, 1.807) is 4.88 Å². The molecule has 1 aliphatic heterocycles. The largest absolute Gasteiger partial charge is 0.423 e. The highest BCUT2D eigenvalue weighted by atomic mass is 32.1. The molecular weight excluding hydrogens is 585 g/mol. The molecule has 1 saturated heterocycles. The zero-order valence-electron chi connectivity index (χ0n) is 28.5. The third-order valence-corrected chi connectivity index (χ3v) is 11.6. The fourth-order valence-electron chi connectivity index (χ4n) is 8.06. The molecule has 2 aromatic carbocycles. The summed E-state index contributed by atoms with van der Waals surface area (Å²) in [5.41, 5.74) is 5.27. The van der Waals surface area contributed by atoms with Crippen molar-refractivity contribution in [3.63, 3.8) is 0 Å². The van der Waals surface area contributed by atoms with Gasteiger partial charge < -0.3 is 14.2 Å². The monoisotopic (exact) mass is 638 g/mol. The van der Waals surface area contributed by atoms with E-state index < -0.39 is 0 Å². The van der Waals surface area contributed by atoms with Crippen LogP contribution in [0.5, 0.6) is 0 Å². The van der Waals surface area contributed by atoms with Crippen molar-refractivity contribution in [3.05, 3.63) is 99.7 Å². The van der Waals surface area contributed by atoms with Crippen LogP contribution >= 0.6 is 11.3 Å². The lowest BCUT2D eigenvalue weighted by Crippen LogP contribution is -2.36. The Labute approximate surface area is 281 Å². The van der Waals surface area contributed by atoms with Crippen LogP contribution in [0.4, 0.5) is 11.6 Å². The minimum Gasteiger partial charge on any atom is -0.423 e. The zero-order valence-corrected chi connectivity index (χ0v) is 29.4. The van der Waals surface area contributed by atoms with Gasteiger partial charge in [0.1, 0.15) is 5.69 Å². The van der Waals surface area contributed by atoms with Crippen LogP contribution in [0.25, 0.3) is 0 Å². The van der Waals surface area contributed by atoms with Gasteiger partial charge in [-0.3, -0.25) is 4.90 Å². The molecule has 6 rings (SSSR count). The molecule has 1 saturated carbocycles. The molecule has 1 atom stereocenters. The van der Waals surface area contributed by atoms with Gasteiger partial charge in [0.25, 0.3) is 0 Å². The SMILES string of the molecule is CCN(CC)C(c1nc(Cc2ccccc2)c(N2CCC(Cc3ccccc3)CC2)o1)C1CCC(Cc2sccc2N(C)C)CC1. The number of anilines is 2. The molecule has 0 spiro atoms. The Morgan fingerprint density at radius 2 is 1.43 bits per heavy atom. The van der Waals surface area contributed by atoms with Crippen molar-refractivity contribution >= 4 is 22.9 Å². The number of thiophene rings is 1. The molecule has 2 fully saturated rings. The van der Waals surface area contributed by atoms with Crippen LogP contribution in [-0.2, 0) is 19.3 Å². The first-order chi connectivity index (χ1) is 22.5. The Bertz CT molecular complexity index is 1460. The summed E-state index contributed by atoms with van der Waals surface area (Å²) in [4.78, 5) is 14.4. The molecule has 6 heteroatoms. The fraction of sp³-hybridized carbons (Fsp3) is 0.525. The second-order valence-electron chi connectivity index (χ2n) is 13.9. The maximum atomic E-state index is 7.00. The topological polar surface area (TPSA) is 35.8 Å². The molecule has 46 heavy (non-hydrogen) atoms. The quantitative estimate of drug-likeness (QED) is 0.146. The van der Waals surface area contributed by atoms with Gasteiger partial charge in [0, 0.05) is 38.5 Å². The van der Waals surface area contributed by atoms with E-state index in [0.29, 0.717) is 5.92 Å². The van der Waals surface area contributed by atoms with Crippen LogP contribution in [0, 0.1) is 17.8 Å². The van der Waals surface area contributed by atoms with Crippen molar-refractivity contribution in [2.45, 2.75) is 77.7 Å². The zero-order chi connectivity index (χ0) is 31.9. The van der Waals surface area contributed by atoms with Crippen LogP contribution in [-0.4, -0.2) is 50.2 Å². The van der Waals surface area contributed by atoms with Crippen molar-refractivity contribution in [2.75, 3.05) is 50.1 Å². The van der Waals surface area contributed by atoms with Crippen molar-refractivity contribution in [1.29, 1.82) is 0 Å². The van der Waals surface area contributed by atoms with Crippen LogP contribution < -0.4 is 9.80 Å². The first-order valence-electron chi connectivity index (χ1n) is 17.8. The Morgan fingerprint density at radius 1 is 0.804 bits per heavy atom. The number of hydrogen-bond donors (Lipinski definition) is 0. The predicted octanol–water partition coefficient (Wildman–Crippen LogP) is 9.28. The van der Waals surface area contributed by atoms with Gasteiger partial charge in [0.05, 0.1) is 11.7 Å². The maximum Gasteiger partial charge on any atom is 0.219 e. The Hall–Kier alpha value is -3.09. The first-order valence-corrected chi connectivity index (χ1v) is 18.7. The summed E-state index contributed by atoms with van der Waals surface area (Å²) in [7, 11) is 4.33. The van der Waals surface area contributed by atoms with E-state index in [0.717, 1.165) is 61.9 Å². The van der Waals surface area contributed by atoms with Crippen molar-refractivity contribution in [3.8, 4) is 0 Å². The fourth-order valence-corrected chi connectivity index (χ4v) is 9.12. The summed E-state index contributed by atoms with van der Waals surface area (Å²) < 4.78 is 7.00. The van der Waals surface area contributed by atoms with E-state index in [1.807, 2.05) is 11.3 Å². The van der Waals surface area contributed by atoms with Crippen LogP contribution in [0.2, 0.25) is 0 Å². The van der Waals surface area contributed by atoms with Crippen molar-refractivity contribution in [1.82, 2.24) is 9.88 Å². The molecule has 5 nitrogen and oxygen atoms in total. The van der Waals surface area contributed by atoms with E-state index in [4.69, 9.17) is 9.40 Å². The van der Waals surface area contributed by atoms with Gasteiger partial charge in [0.2, 0.25) is 11.8 Å². The third-order valence-electron chi connectivity index (χ3n) is 10.7. The number of piperidine rings is 1. The second kappa shape index (κ2) is 15.7.